The van der Waals surface area contributed by atoms with E-state index in [2.05, 4.69) is 10.6 Å². The van der Waals surface area contributed by atoms with Gasteiger partial charge >= 0.3 is 0 Å². The van der Waals surface area contributed by atoms with E-state index in [1.54, 1.807) is 24.3 Å². The van der Waals surface area contributed by atoms with Crippen molar-refractivity contribution in [2.24, 2.45) is 5.73 Å². The van der Waals surface area contributed by atoms with Crippen LogP contribution in [0.5, 0.6) is 5.75 Å². The highest BCUT2D eigenvalue weighted by molar-refractivity contribution is 5.96. The molecule has 2 aromatic carbocycles. The van der Waals surface area contributed by atoms with Crippen LogP contribution < -0.4 is 21.1 Å². The van der Waals surface area contributed by atoms with Crippen molar-refractivity contribution in [2.45, 2.75) is 26.5 Å². The van der Waals surface area contributed by atoms with Gasteiger partial charge in [-0.2, -0.15) is 0 Å². The average Bonchev–Trinajstić information content (AvgIpc) is 2.56. The Morgan fingerprint density at radius 3 is 2.48 bits per heavy atom. The standard InChI is InChI=1S/C19H23N3O3/c1-13(2)25-17-8-6-14(7-9-17)11-21-12-18(23)22-16-5-3-4-15(10-16)19(20)24/h3-10,13,21H,11-12H2,1-2H3,(H2,20,24)(H,22,23). The molecule has 0 fully saturated rings. The molecular weight excluding hydrogens is 318 g/mol. The van der Waals surface area contributed by atoms with Crippen molar-refractivity contribution >= 4 is 17.5 Å². The van der Waals surface area contributed by atoms with E-state index in [1.165, 1.54) is 0 Å². The van der Waals surface area contributed by atoms with E-state index in [1.807, 2.05) is 38.1 Å². The van der Waals surface area contributed by atoms with Gasteiger partial charge in [0.25, 0.3) is 0 Å². The third-order valence-corrected chi connectivity index (χ3v) is 3.34. The summed E-state index contributed by atoms with van der Waals surface area (Å²) >= 11 is 0. The van der Waals surface area contributed by atoms with Gasteiger partial charge in [-0.1, -0.05) is 18.2 Å². The quantitative estimate of drug-likeness (QED) is 0.687. The Morgan fingerprint density at radius 2 is 1.84 bits per heavy atom. The van der Waals surface area contributed by atoms with Crippen LogP contribution >= 0.6 is 0 Å². The number of rotatable bonds is 8. The number of carbonyl (C=O) groups is 2. The fraction of sp³-hybridized carbons (Fsp3) is 0.263. The van der Waals surface area contributed by atoms with Gasteiger partial charge in [0.05, 0.1) is 12.6 Å². The largest absolute Gasteiger partial charge is 0.491 e. The number of hydrogen-bond acceptors (Lipinski definition) is 4. The van der Waals surface area contributed by atoms with Crippen LogP contribution in [0, 0.1) is 0 Å². The summed E-state index contributed by atoms with van der Waals surface area (Å²) in [6.45, 7) is 4.68. The Bertz CT molecular complexity index is 727. The number of primary amides is 1. The molecule has 6 heteroatoms. The summed E-state index contributed by atoms with van der Waals surface area (Å²) in [5.41, 5.74) is 7.17. The van der Waals surface area contributed by atoms with Gasteiger partial charge in [-0.3, -0.25) is 9.59 Å². The van der Waals surface area contributed by atoms with Gasteiger partial charge in [-0.25, -0.2) is 0 Å². The molecule has 2 aromatic rings. The molecule has 6 nitrogen and oxygen atoms in total. The molecule has 0 aliphatic rings. The van der Waals surface area contributed by atoms with Crippen molar-refractivity contribution in [3.63, 3.8) is 0 Å². The summed E-state index contributed by atoms with van der Waals surface area (Å²) in [6.07, 6.45) is 0.140. The van der Waals surface area contributed by atoms with Gasteiger partial charge < -0.3 is 21.1 Å². The van der Waals surface area contributed by atoms with E-state index in [0.29, 0.717) is 17.8 Å². The average molecular weight is 341 g/mol. The maximum atomic E-state index is 11.9. The van der Waals surface area contributed by atoms with Gasteiger partial charge in [0.1, 0.15) is 5.75 Å². The van der Waals surface area contributed by atoms with Crippen molar-refractivity contribution in [1.82, 2.24) is 5.32 Å². The van der Waals surface area contributed by atoms with Crippen LogP contribution in [0.25, 0.3) is 0 Å². The SMILES string of the molecule is CC(C)Oc1ccc(CNCC(=O)Nc2cccc(C(N)=O)c2)cc1. The van der Waals surface area contributed by atoms with Crippen LogP contribution in [0.15, 0.2) is 48.5 Å². The molecular formula is C19H23N3O3. The first-order valence-corrected chi connectivity index (χ1v) is 8.10. The predicted octanol–water partition coefficient (Wildman–Crippen LogP) is 2.30. The molecule has 0 atom stereocenters. The summed E-state index contributed by atoms with van der Waals surface area (Å²) in [4.78, 5) is 23.1. The molecule has 0 radical (unpaired) electrons. The van der Waals surface area contributed by atoms with E-state index in [0.717, 1.165) is 11.3 Å². The summed E-state index contributed by atoms with van der Waals surface area (Å²) in [5, 5.41) is 5.80. The minimum atomic E-state index is -0.529. The number of nitrogens with one attached hydrogen (secondary N) is 2. The minimum Gasteiger partial charge on any atom is -0.491 e. The second kappa shape index (κ2) is 8.84. The molecule has 0 saturated carbocycles. The normalized spacial score (nSPS) is 10.5. The lowest BCUT2D eigenvalue weighted by molar-refractivity contribution is -0.115. The first-order chi connectivity index (χ1) is 11.9. The Labute approximate surface area is 147 Å². The molecule has 0 bridgehead atoms. The van der Waals surface area contributed by atoms with Crippen LogP contribution in [0.4, 0.5) is 5.69 Å². The molecule has 4 N–H and O–H groups in total. The van der Waals surface area contributed by atoms with E-state index in [9.17, 15) is 9.59 Å². The van der Waals surface area contributed by atoms with E-state index in [-0.39, 0.29) is 18.6 Å². The molecule has 0 heterocycles. The third-order valence-electron chi connectivity index (χ3n) is 3.34. The van der Waals surface area contributed by atoms with Gasteiger partial charge in [0, 0.05) is 17.8 Å². The van der Waals surface area contributed by atoms with E-state index in [4.69, 9.17) is 10.5 Å². The smallest absolute Gasteiger partial charge is 0.248 e. The zero-order chi connectivity index (χ0) is 18.2. The van der Waals surface area contributed by atoms with Crippen LogP contribution in [-0.4, -0.2) is 24.5 Å². The van der Waals surface area contributed by atoms with Crippen molar-refractivity contribution in [3.05, 3.63) is 59.7 Å². The van der Waals surface area contributed by atoms with Crippen LogP contribution in [0.3, 0.4) is 0 Å². The minimum absolute atomic E-state index is 0.140. The molecule has 132 valence electrons. The molecule has 0 aliphatic heterocycles. The summed E-state index contributed by atoms with van der Waals surface area (Å²) in [5.74, 6) is 0.103. The lowest BCUT2D eigenvalue weighted by Crippen LogP contribution is -2.27. The molecule has 2 amide bonds. The van der Waals surface area contributed by atoms with Crippen LogP contribution in [-0.2, 0) is 11.3 Å². The zero-order valence-corrected chi connectivity index (χ0v) is 14.4. The highest BCUT2D eigenvalue weighted by Crippen LogP contribution is 2.13. The first-order valence-electron chi connectivity index (χ1n) is 8.10. The summed E-state index contributed by atoms with van der Waals surface area (Å²) < 4.78 is 5.59. The van der Waals surface area contributed by atoms with E-state index >= 15 is 0 Å². The molecule has 0 aromatic heterocycles. The number of hydrogen-bond donors (Lipinski definition) is 3. The van der Waals surface area contributed by atoms with Crippen LogP contribution in [0.2, 0.25) is 0 Å². The van der Waals surface area contributed by atoms with Crippen LogP contribution in [0.1, 0.15) is 29.8 Å². The Kier molecular flexibility index (Phi) is 6.54. The van der Waals surface area contributed by atoms with Gasteiger partial charge in [-0.05, 0) is 49.7 Å². The monoisotopic (exact) mass is 341 g/mol. The summed E-state index contributed by atoms with van der Waals surface area (Å²) in [6, 6.07) is 14.3. The Hall–Kier alpha value is -2.86. The number of nitrogens with two attached hydrogens (primary N) is 1. The topological polar surface area (TPSA) is 93.4 Å². The number of anilines is 1. The highest BCUT2D eigenvalue weighted by atomic mass is 16.5. The summed E-state index contributed by atoms with van der Waals surface area (Å²) in [7, 11) is 0. The number of benzene rings is 2. The molecule has 0 spiro atoms. The molecule has 2 rings (SSSR count). The maximum absolute atomic E-state index is 11.9. The number of ether oxygens (including phenoxy) is 1. The van der Waals surface area contributed by atoms with Crippen molar-refractivity contribution in [2.75, 3.05) is 11.9 Å². The Morgan fingerprint density at radius 1 is 1.12 bits per heavy atom. The first kappa shape index (κ1) is 18.5. The lowest BCUT2D eigenvalue weighted by atomic mass is 10.2. The third kappa shape index (κ3) is 6.27. The zero-order valence-electron chi connectivity index (χ0n) is 14.4. The van der Waals surface area contributed by atoms with Crippen molar-refractivity contribution < 1.29 is 14.3 Å². The fourth-order valence-corrected chi connectivity index (χ4v) is 2.23. The molecule has 0 aliphatic carbocycles. The second-order valence-corrected chi connectivity index (χ2v) is 5.91. The molecule has 0 unspecified atom stereocenters. The number of amides is 2. The van der Waals surface area contributed by atoms with Gasteiger partial charge in [-0.15, -0.1) is 0 Å². The predicted molar refractivity (Wildman–Crippen MR) is 97.5 cm³/mol. The van der Waals surface area contributed by atoms with Gasteiger partial charge in [0.2, 0.25) is 11.8 Å². The van der Waals surface area contributed by atoms with E-state index < -0.39 is 5.91 Å². The number of carbonyl (C=O) groups excluding carboxylic acids is 2. The molecule has 0 saturated heterocycles. The van der Waals surface area contributed by atoms with Crippen molar-refractivity contribution in [3.8, 4) is 5.75 Å². The van der Waals surface area contributed by atoms with Gasteiger partial charge in [0.15, 0.2) is 0 Å². The maximum Gasteiger partial charge on any atom is 0.248 e. The second-order valence-electron chi connectivity index (χ2n) is 5.91. The molecule has 25 heavy (non-hydrogen) atoms. The fourth-order valence-electron chi connectivity index (χ4n) is 2.23. The lowest BCUT2D eigenvalue weighted by Gasteiger charge is -2.10. The highest BCUT2D eigenvalue weighted by Gasteiger charge is 2.05. The van der Waals surface area contributed by atoms with Crippen molar-refractivity contribution in [1.29, 1.82) is 0 Å². The Balaban J connectivity index is 1.78.